The van der Waals surface area contributed by atoms with Crippen molar-refractivity contribution in [1.29, 1.82) is 0 Å². The smallest absolute Gasteiger partial charge is 0.222 e. The molecule has 1 amide bonds. The molecule has 4 heteroatoms. The van der Waals surface area contributed by atoms with Crippen LogP contribution in [-0.2, 0) is 4.79 Å². The first kappa shape index (κ1) is 19.0. The van der Waals surface area contributed by atoms with Crippen LogP contribution in [0.2, 0.25) is 0 Å². The number of carbonyl (C=O) groups excluding carboxylic acids is 1. The molecule has 0 aromatic heterocycles. The number of benzene rings is 2. The first-order chi connectivity index (χ1) is 13.6. The molecule has 28 heavy (non-hydrogen) atoms. The van der Waals surface area contributed by atoms with E-state index in [1.165, 1.54) is 11.1 Å². The van der Waals surface area contributed by atoms with Crippen LogP contribution in [0.1, 0.15) is 30.0 Å². The van der Waals surface area contributed by atoms with Gasteiger partial charge in [0.2, 0.25) is 5.91 Å². The number of hydrogen-bond acceptors (Lipinski definition) is 3. The van der Waals surface area contributed by atoms with Gasteiger partial charge in [0.25, 0.3) is 0 Å². The number of carbonyl (C=O) groups is 1. The number of hydrogen-bond donors (Lipinski definition) is 0. The fourth-order valence-electron chi connectivity index (χ4n) is 4.94. The molecular formula is C24H30N2O2. The Balaban J connectivity index is 1.31. The molecule has 4 rings (SSSR count). The van der Waals surface area contributed by atoms with E-state index in [-0.39, 0.29) is 5.91 Å². The summed E-state index contributed by atoms with van der Waals surface area (Å²) in [4.78, 5) is 17.3. The van der Waals surface area contributed by atoms with Crippen LogP contribution in [-0.4, -0.2) is 49.0 Å². The SMILES string of the molecule is Cc1ccccc1[C@H]1[C@@H]2CN(C(=O)CCCOc3ccccc3)C[C@@H]2CN1C. The lowest BCUT2D eigenvalue weighted by Gasteiger charge is -2.28. The van der Waals surface area contributed by atoms with Crippen LogP contribution in [0.3, 0.4) is 0 Å². The van der Waals surface area contributed by atoms with Crippen molar-refractivity contribution in [3.05, 3.63) is 65.7 Å². The van der Waals surface area contributed by atoms with Crippen molar-refractivity contribution in [2.24, 2.45) is 11.8 Å². The minimum Gasteiger partial charge on any atom is -0.494 e. The molecule has 0 aliphatic carbocycles. The molecule has 148 valence electrons. The first-order valence-electron chi connectivity index (χ1n) is 10.3. The molecule has 3 atom stereocenters. The zero-order valence-electron chi connectivity index (χ0n) is 16.9. The van der Waals surface area contributed by atoms with E-state index in [0.717, 1.165) is 31.8 Å². The Kier molecular flexibility index (Phi) is 5.67. The van der Waals surface area contributed by atoms with Crippen molar-refractivity contribution in [2.45, 2.75) is 25.8 Å². The van der Waals surface area contributed by atoms with Crippen LogP contribution < -0.4 is 4.74 Å². The highest BCUT2D eigenvalue weighted by atomic mass is 16.5. The van der Waals surface area contributed by atoms with Crippen molar-refractivity contribution in [3.63, 3.8) is 0 Å². The van der Waals surface area contributed by atoms with Gasteiger partial charge in [0.05, 0.1) is 6.61 Å². The van der Waals surface area contributed by atoms with E-state index in [0.29, 0.717) is 30.9 Å². The summed E-state index contributed by atoms with van der Waals surface area (Å²) in [5, 5.41) is 0. The number of para-hydroxylation sites is 1. The van der Waals surface area contributed by atoms with Gasteiger partial charge in [-0.25, -0.2) is 0 Å². The Bertz CT molecular complexity index is 807. The van der Waals surface area contributed by atoms with E-state index in [2.05, 4.69) is 48.0 Å². The lowest BCUT2D eigenvalue weighted by atomic mass is 9.88. The average Bonchev–Trinajstić information content (AvgIpc) is 3.23. The van der Waals surface area contributed by atoms with Gasteiger partial charge >= 0.3 is 0 Å². The van der Waals surface area contributed by atoms with Crippen molar-refractivity contribution < 1.29 is 9.53 Å². The molecule has 2 heterocycles. The number of likely N-dealkylation sites (tertiary alicyclic amines) is 2. The van der Waals surface area contributed by atoms with Crippen molar-refractivity contribution in [2.75, 3.05) is 33.3 Å². The van der Waals surface area contributed by atoms with Gasteiger partial charge in [0.1, 0.15) is 5.75 Å². The third kappa shape index (κ3) is 3.93. The highest BCUT2D eigenvalue weighted by molar-refractivity contribution is 5.76. The topological polar surface area (TPSA) is 32.8 Å². The molecule has 0 N–H and O–H groups in total. The Morgan fingerprint density at radius 1 is 1.04 bits per heavy atom. The quantitative estimate of drug-likeness (QED) is 0.715. The second-order valence-electron chi connectivity index (χ2n) is 8.23. The maximum absolute atomic E-state index is 12.7. The Hall–Kier alpha value is -2.33. The van der Waals surface area contributed by atoms with E-state index >= 15 is 0 Å². The third-order valence-corrected chi connectivity index (χ3v) is 6.30. The fraction of sp³-hybridized carbons (Fsp3) is 0.458. The molecule has 4 nitrogen and oxygen atoms in total. The van der Waals surface area contributed by atoms with Gasteiger partial charge in [0, 0.05) is 38.0 Å². The van der Waals surface area contributed by atoms with Gasteiger partial charge in [-0.1, -0.05) is 42.5 Å². The number of aryl methyl sites for hydroxylation is 1. The fourth-order valence-corrected chi connectivity index (χ4v) is 4.94. The van der Waals surface area contributed by atoms with E-state index in [1.54, 1.807) is 0 Å². The second kappa shape index (κ2) is 8.36. The minimum absolute atomic E-state index is 0.275. The largest absolute Gasteiger partial charge is 0.494 e. The van der Waals surface area contributed by atoms with Crippen molar-refractivity contribution >= 4 is 5.91 Å². The van der Waals surface area contributed by atoms with Gasteiger partial charge in [0.15, 0.2) is 0 Å². The van der Waals surface area contributed by atoms with Gasteiger partial charge in [-0.2, -0.15) is 0 Å². The zero-order valence-corrected chi connectivity index (χ0v) is 16.9. The lowest BCUT2D eigenvalue weighted by Crippen LogP contribution is -2.33. The summed E-state index contributed by atoms with van der Waals surface area (Å²) in [6.45, 7) is 5.64. The molecule has 2 aromatic carbocycles. The predicted molar refractivity (Wildman–Crippen MR) is 111 cm³/mol. The lowest BCUT2D eigenvalue weighted by molar-refractivity contribution is -0.130. The molecule has 2 aliphatic heterocycles. The van der Waals surface area contributed by atoms with Crippen LogP contribution in [0.25, 0.3) is 0 Å². The molecule has 0 saturated carbocycles. The highest BCUT2D eigenvalue weighted by Gasteiger charge is 2.47. The van der Waals surface area contributed by atoms with E-state index in [1.807, 2.05) is 30.3 Å². The molecule has 0 spiro atoms. The van der Waals surface area contributed by atoms with Crippen LogP contribution >= 0.6 is 0 Å². The molecule has 2 aliphatic rings. The molecule has 2 aromatic rings. The van der Waals surface area contributed by atoms with Gasteiger partial charge in [-0.3, -0.25) is 9.69 Å². The number of fused-ring (bicyclic) bond motifs is 1. The summed E-state index contributed by atoms with van der Waals surface area (Å²) < 4.78 is 5.72. The summed E-state index contributed by atoms with van der Waals surface area (Å²) in [5.74, 6) is 2.27. The van der Waals surface area contributed by atoms with Gasteiger partial charge in [-0.05, 0) is 49.6 Å². The third-order valence-electron chi connectivity index (χ3n) is 6.30. The molecule has 2 fully saturated rings. The predicted octanol–water partition coefficient (Wildman–Crippen LogP) is 3.92. The summed E-state index contributed by atoms with van der Waals surface area (Å²) in [5.41, 5.74) is 2.77. The molecule has 0 radical (unpaired) electrons. The molecular weight excluding hydrogens is 348 g/mol. The standard InChI is InChI=1S/C24H30N2O2/c1-18-9-6-7-12-21(18)24-22-17-26(16-19(22)15-25(24)2)23(27)13-8-14-28-20-10-4-3-5-11-20/h3-7,9-12,19,22,24H,8,13-17H2,1-2H3/t19-,22+,24-/m0/s1. The van der Waals surface area contributed by atoms with E-state index in [9.17, 15) is 4.79 Å². The Morgan fingerprint density at radius 2 is 1.79 bits per heavy atom. The number of amides is 1. The minimum atomic E-state index is 0.275. The van der Waals surface area contributed by atoms with Crippen LogP contribution in [0.15, 0.2) is 54.6 Å². The maximum Gasteiger partial charge on any atom is 0.222 e. The van der Waals surface area contributed by atoms with Crippen LogP contribution in [0.4, 0.5) is 0 Å². The summed E-state index contributed by atoms with van der Waals surface area (Å²) in [6.07, 6.45) is 1.33. The molecule has 2 saturated heterocycles. The second-order valence-corrected chi connectivity index (χ2v) is 8.23. The summed E-state index contributed by atoms with van der Waals surface area (Å²) >= 11 is 0. The highest BCUT2D eigenvalue weighted by Crippen LogP contribution is 2.44. The van der Waals surface area contributed by atoms with E-state index < -0.39 is 0 Å². The van der Waals surface area contributed by atoms with Gasteiger partial charge < -0.3 is 9.64 Å². The summed E-state index contributed by atoms with van der Waals surface area (Å²) in [7, 11) is 2.22. The Labute approximate surface area is 168 Å². The van der Waals surface area contributed by atoms with Crippen molar-refractivity contribution in [3.8, 4) is 5.75 Å². The molecule has 0 bridgehead atoms. The number of ether oxygens (including phenoxy) is 1. The van der Waals surface area contributed by atoms with Gasteiger partial charge in [-0.15, -0.1) is 0 Å². The monoisotopic (exact) mass is 378 g/mol. The van der Waals surface area contributed by atoms with Crippen LogP contribution in [0.5, 0.6) is 5.75 Å². The average molecular weight is 379 g/mol. The van der Waals surface area contributed by atoms with Crippen molar-refractivity contribution in [1.82, 2.24) is 9.80 Å². The van der Waals surface area contributed by atoms with E-state index in [4.69, 9.17) is 4.74 Å². The summed E-state index contributed by atoms with van der Waals surface area (Å²) in [6, 6.07) is 18.9. The normalized spacial score (nSPS) is 24.4. The number of rotatable bonds is 6. The maximum atomic E-state index is 12.7. The number of nitrogens with zero attached hydrogens (tertiary/aromatic N) is 2. The molecule has 0 unspecified atom stereocenters. The Morgan fingerprint density at radius 3 is 2.57 bits per heavy atom. The zero-order chi connectivity index (χ0) is 19.5. The van der Waals surface area contributed by atoms with Crippen LogP contribution in [0, 0.1) is 18.8 Å². The first-order valence-corrected chi connectivity index (χ1v) is 10.3.